The second-order valence-corrected chi connectivity index (χ2v) is 4.68. The average Bonchev–Trinajstić information content (AvgIpc) is 2.21. The van der Waals surface area contributed by atoms with E-state index in [1.165, 1.54) is 0 Å². The second kappa shape index (κ2) is 3.49. The van der Waals surface area contributed by atoms with Gasteiger partial charge in [0.25, 0.3) is 0 Å². The van der Waals surface area contributed by atoms with Crippen LogP contribution in [0.4, 0.5) is 5.69 Å². The Morgan fingerprint density at radius 2 is 2.12 bits per heavy atom. The molecule has 84 valence electrons. The first-order valence-corrected chi connectivity index (χ1v) is 5.24. The SMILES string of the molecule is CC1(C)C(=O)Nc2ccc(Cl)cc2C1=NN. The van der Waals surface area contributed by atoms with Crippen molar-refractivity contribution in [2.24, 2.45) is 16.4 Å². The summed E-state index contributed by atoms with van der Waals surface area (Å²) < 4.78 is 0. The number of hydrogen-bond donors (Lipinski definition) is 2. The number of rotatable bonds is 0. The smallest absolute Gasteiger partial charge is 0.236 e. The quantitative estimate of drug-likeness (QED) is 0.535. The summed E-state index contributed by atoms with van der Waals surface area (Å²) in [6, 6.07) is 5.22. The van der Waals surface area contributed by atoms with Crippen LogP contribution in [0.5, 0.6) is 0 Å². The summed E-state index contributed by atoms with van der Waals surface area (Å²) in [6.45, 7) is 3.55. The van der Waals surface area contributed by atoms with Crippen LogP contribution >= 0.6 is 11.6 Å². The molecule has 1 amide bonds. The molecule has 1 aromatic carbocycles. The van der Waals surface area contributed by atoms with Crippen LogP contribution < -0.4 is 11.2 Å². The number of hydrogen-bond acceptors (Lipinski definition) is 3. The molecule has 0 fully saturated rings. The van der Waals surface area contributed by atoms with Crippen LogP contribution in [-0.2, 0) is 4.79 Å². The molecule has 0 saturated heterocycles. The number of nitrogens with zero attached hydrogens (tertiary/aromatic N) is 1. The average molecular weight is 238 g/mol. The summed E-state index contributed by atoms with van der Waals surface area (Å²) in [6.07, 6.45) is 0. The van der Waals surface area contributed by atoms with Crippen molar-refractivity contribution in [3.8, 4) is 0 Å². The van der Waals surface area contributed by atoms with E-state index in [0.29, 0.717) is 16.4 Å². The Kier molecular flexibility index (Phi) is 2.39. The van der Waals surface area contributed by atoms with Crippen molar-refractivity contribution in [1.29, 1.82) is 0 Å². The van der Waals surface area contributed by atoms with Gasteiger partial charge in [-0.15, -0.1) is 0 Å². The van der Waals surface area contributed by atoms with Gasteiger partial charge < -0.3 is 11.2 Å². The van der Waals surface area contributed by atoms with Crippen LogP contribution in [0.3, 0.4) is 0 Å². The van der Waals surface area contributed by atoms with Gasteiger partial charge in [0.1, 0.15) is 0 Å². The highest BCUT2D eigenvalue weighted by Gasteiger charge is 2.39. The third-order valence-corrected chi connectivity index (χ3v) is 3.01. The highest BCUT2D eigenvalue weighted by Crippen LogP contribution is 2.34. The molecule has 4 nitrogen and oxygen atoms in total. The molecule has 0 atom stereocenters. The number of nitrogens with one attached hydrogen (secondary N) is 1. The zero-order chi connectivity index (χ0) is 11.9. The Bertz CT molecular complexity index is 494. The minimum atomic E-state index is -0.744. The van der Waals surface area contributed by atoms with Crippen LogP contribution in [0, 0.1) is 5.41 Å². The summed E-state index contributed by atoms with van der Waals surface area (Å²) in [4.78, 5) is 11.9. The van der Waals surface area contributed by atoms with Gasteiger partial charge >= 0.3 is 0 Å². The van der Waals surface area contributed by atoms with Crippen LogP contribution in [-0.4, -0.2) is 11.6 Å². The molecule has 5 heteroatoms. The molecule has 2 rings (SSSR count). The standard InChI is InChI=1S/C11H12ClN3O/c1-11(2)9(15-13)7-5-6(12)3-4-8(7)14-10(11)16/h3-5H,13H2,1-2H3,(H,14,16). The fourth-order valence-corrected chi connectivity index (χ4v) is 1.95. The van der Waals surface area contributed by atoms with Gasteiger partial charge in [0, 0.05) is 10.6 Å². The van der Waals surface area contributed by atoms with Crippen LogP contribution in [0.2, 0.25) is 5.02 Å². The number of nitrogens with two attached hydrogens (primary N) is 1. The third kappa shape index (κ3) is 1.46. The molecule has 3 N–H and O–H groups in total. The van der Waals surface area contributed by atoms with E-state index in [9.17, 15) is 4.79 Å². The van der Waals surface area contributed by atoms with E-state index >= 15 is 0 Å². The second-order valence-electron chi connectivity index (χ2n) is 4.25. The fourth-order valence-electron chi connectivity index (χ4n) is 1.78. The minimum Gasteiger partial charge on any atom is -0.325 e. The maximum Gasteiger partial charge on any atom is 0.236 e. The topological polar surface area (TPSA) is 67.5 Å². The molecule has 1 aliphatic heterocycles. The molecule has 16 heavy (non-hydrogen) atoms. The van der Waals surface area contributed by atoms with E-state index in [0.717, 1.165) is 5.56 Å². The van der Waals surface area contributed by atoms with Crippen LogP contribution in [0.1, 0.15) is 19.4 Å². The Balaban J connectivity index is 2.68. The lowest BCUT2D eigenvalue weighted by Crippen LogP contribution is -2.43. The van der Waals surface area contributed by atoms with Crippen molar-refractivity contribution in [2.45, 2.75) is 13.8 Å². The summed E-state index contributed by atoms with van der Waals surface area (Å²) in [5.41, 5.74) is 1.28. The van der Waals surface area contributed by atoms with Gasteiger partial charge in [-0.1, -0.05) is 11.6 Å². The summed E-state index contributed by atoms with van der Waals surface area (Å²) in [5, 5.41) is 7.13. The number of fused-ring (bicyclic) bond motifs is 1. The van der Waals surface area contributed by atoms with Gasteiger partial charge in [-0.05, 0) is 32.0 Å². The normalized spacial score (nSPS) is 20.4. The Morgan fingerprint density at radius 1 is 1.44 bits per heavy atom. The molecule has 1 aliphatic rings. The predicted molar refractivity (Wildman–Crippen MR) is 64.6 cm³/mol. The van der Waals surface area contributed by atoms with Gasteiger partial charge in [-0.3, -0.25) is 4.79 Å². The number of benzene rings is 1. The van der Waals surface area contributed by atoms with Crippen LogP contribution in [0.25, 0.3) is 0 Å². The lowest BCUT2D eigenvalue weighted by molar-refractivity contribution is -0.121. The predicted octanol–water partition coefficient (Wildman–Crippen LogP) is 1.98. The van der Waals surface area contributed by atoms with Crippen molar-refractivity contribution >= 4 is 28.9 Å². The monoisotopic (exact) mass is 237 g/mol. The van der Waals surface area contributed by atoms with Gasteiger partial charge in [-0.25, -0.2) is 0 Å². The Labute approximate surface area is 98.5 Å². The first kappa shape index (κ1) is 11.0. The molecule has 0 aromatic heterocycles. The summed E-state index contributed by atoms with van der Waals surface area (Å²) in [5.74, 6) is 5.25. The Hall–Kier alpha value is -1.55. The van der Waals surface area contributed by atoms with Gasteiger partial charge in [0.2, 0.25) is 5.91 Å². The largest absolute Gasteiger partial charge is 0.325 e. The maximum absolute atomic E-state index is 11.9. The summed E-state index contributed by atoms with van der Waals surface area (Å²) in [7, 11) is 0. The molecule has 0 spiro atoms. The van der Waals surface area contributed by atoms with E-state index in [1.807, 2.05) is 0 Å². The molecular formula is C11H12ClN3O. The zero-order valence-electron chi connectivity index (χ0n) is 9.04. The molecular weight excluding hydrogens is 226 g/mol. The first-order valence-electron chi connectivity index (χ1n) is 4.86. The highest BCUT2D eigenvalue weighted by atomic mass is 35.5. The fraction of sp³-hybridized carbons (Fsp3) is 0.273. The molecule has 0 aliphatic carbocycles. The molecule has 1 aromatic rings. The lowest BCUT2D eigenvalue weighted by Gasteiger charge is -2.31. The van der Waals surface area contributed by atoms with E-state index in [4.69, 9.17) is 17.4 Å². The van der Waals surface area contributed by atoms with E-state index < -0.39 is 5.41 Å². The number of carbonyl (C=O) groups is 1. The number of hydrazone groups is 1. The van der Waals surface area contributed by atoms with E-state index in [2.05, 4.69) is 10.4 Å². The third-order valence-electron chi connectivity index (χ3n) is 2.77. The molecule has 0 radical (unpaired) electrons. The van der Waals surface area contributed by atoms with Crippen molar-refractivity contribution < 1.29 is 4.79 Å². The Morgan fingerprint density at radius 3 is 2.75 bits per heavy atom. The van der Waals surface area contributed by atoms with Gasteiger partial charge in [0.15, 0.2) is 0 Å². The lowest BCUT2D eigenvalue weighted by atomic mass is 9.79. The maximum atomic E-state index is 11.9. The van der Waals surface area contributed by atoms with Crippen LogP contribution in [0.15, 0.2) is 23.3 Å². The van der Waals surface area contributed by atoms with Gasteiger partial charge in [0.05, 0.1) is 16.8 Å². The molecule has 0 bridgehead atoms. The number of anilines is 1. The van der Waals surface area contributed by atoms with E-state index in [1.54, 1.807) is 32.0 Å². The first-order chi connectivity index (χ1) is 7.46. The van der Waals surface area contributed by atoms with Crippen molar-refractivity contribution in [1.82, 2.24) is 0 Å². The number of carbonyl (C=O) groups excluding carboxylic acids is 1. The number of amides is 1. The number of halogens is 1. The van der Waals surface area contributed by atoms with Gasteiger partial charge in [-0.2, -0.15) is 5.10 Å². The van der Waals surface area contributed by atoms with E-state index in [-0.39, 0.29) is 5.91 Å². The van der Waals surface area contributed by atoms with Crippen molar-refractivity contribution in [2.75, 3.05) is 5.32 Å². The molecule has 0 saturated carbocycles. The minimum absolute atomic E-state index is 0.119. The van der Waals surface area contributed by atoms with Crippen molar-refractivity contribution in [3.63, 3.8) is 0 Å². The zero-order valence-corrected chi connectivity index (χ0v) is 9.80. The molecule has 0 unspecified atom stereocenters. The summed E-state index contributed by atoms with van der Waals surface area (Å²) >= 11 is 5.92. The molecule has 1 heterocycles. The van der Waals surface area contributed by atoms with Crippen molar-refractivity contribution in [3.05, 3.63) is 28.8 Å². The highest BCUT2D eigenvalue weighted by molar-refractivity contribution is 6.32.